The minimum absolute atomic E-state index is 0.205. The van der Waals surface area contributed by atoms with Crippen LogP contribution in [0.25, 0.3) is 0 Å². The first-order valence-corrected chi connectivity index (χ1v) is 4.59. The predicted octanol–water partition coefficient (Wildman–Crippen LogP) is 2.30. The highest BCUT2D eigenvalue weighted by Gasteiger charge is 1.98. The monoisotopic (exact) mass is 180 g/mol. The van der Waals surface area contributed by atoms with E-state index in [0.717, 1.165) is 18.1 Å². The van der Waals surface area contributed by atoms with Gasteiger partial charge in [0, 0.05) is 18.8 Å². The SMILES string of the molecule is CCNc1cc(OC(C)C)ccn1. The Kier molecular flexibility index (Phi) is 3.55. The molecule has 0 saturated heterocycles. The molecular weight excluding hydrogens is 164 g/mol. The van der Waals surface area contributed by atoms with Crippen molar-refractivity contribution in [3.63, 3.8) is 0 Å². The molecule has 3 nitrogen and oxygen atoms in total. The maximum Gasteiger partial charge on any atom is 0.129 e. The normalized spacial score (nSPS) is 10.2. The van der Waals surface area contributed by atoms with Crippen LogP contribution in [0.3, 0.4) is 0 Å². The highest BCUT2D eigenvalue weighted by molar-refractivity contribution is 5.40. The Labute approximate surface area is 79.1 Å². The number of pyridine rings is 1. The van der Waals surface area contributed by atoms with Gasteiger partial charge in [0.1, 0.15) is 11.6 Å². The van der Waals surface area contributed by atoms with E-state index in [0.29, 0.717) is 0 Å². The summed E-state index contributed by atoms with van der Waals surface area (Å²) in [7, 11) is 0. The lowest BCUT2D eigenvalue weighted by Crippen LogP contribution is -2.06. The van der Waals surface area contributed by atoms with E-state index < -0.39 is 0 Å². The molecule has 0 fully saturated rings. The smallest absolute Gasteiger partial charge is 0.129 e. The van der Waals surface area contributed by atoms with Crippen LogP contribution in [0.1, 0.15) is 20.8 Å². The summed E-state index contributed by atoms with van der Waals surface area (Å²) in [6.45, 7) is 6.93. The molecule has 0 atom stereocenters. The summed E-state index contributed by atoms with van der Waals surface area (Å²) >= 11 is 0. The van der Waals surface area contributed by atoms with Crippen molar-refractivity contribution in [2.75, 3.05) is 11.9 Å². The number of aromatic nitrogens is 1. The fraction of sp³-hybridized carbons (Fsp3) is 0.500. The molecule has 0 spiro atoms. The van der Waals surface area contributed by atoms with Gasteiger partial charge in [0.15, 0.2) is 0 Å². The van der Waals surface area contributed by atoms with Gasteiger partial charge in [0.25, 0.3) is 0 Å². The number of hydrogen-bond acceptors (Lipinski definition) is 3. The van der Waals surface area contributed by atoms with Crippen molar-refractivity contribution in [3.05, 3.63) is 18.3 Å². The summed E-state index contributed by atoms with van der Waals surface area (Å²) < 4.78 is 5.52. The summed E-state index contributed by atoms with van der Waals surface area (Å²) in [6, 6.07) is 3.77. The third-order valence-electron chi connectivity index (χ3n) is 1.46. The van der Waals surface area contributed by atoms with Crippen molar-refractivity contribution in [2.45, 2.75) is 26.9 Å². The van der Waals surface area contributed by atoms with Gasteiger partial charge in [0.2, 0.25) is 0 Å². The second-order valence-electron chi connectivity index (χ2n) is 3.07. The molecule has 0 aliphatic heterocycles. The molecule has 1 aromatic rings. The zero-order valence-electron chi connectivity index (χ0n) is 8.37. The van der Waals surface area contributed by atoms with Crippen LogP contribution in [0.4, 0.5) is 5.82 Å². The molecule has 0 aliphatic rings. The van der Waals surface area contributed by atoms with Gasteiger partial charge in [0.05, 0.1) is 6.10 Å². The van der Waals surface area contributed by atoms with Crippen LogP contribution in [0.15, 0.2) is 18.3 Å². The maximum absolute atomic E-state index is 5.52. The first kappa shape index (κ1) is 9.84. The van der Waals surface area contributed by atoms with E-state index in [4.69, 9.17) is 4.74 Å². The van der Waals surface area contributed by atoms with Crippen LogP contribution in [-0.4, -0.2) is 17.6 Å². The van der Waals surface area contributed by atoms with Gasteiger partial charge in [-0.3, -0.25) is 0 Å². The summed E-state index contributed by atoms with van der Waals surface area (Å²) in [5, 5.41) is 3.13. The summed E-state index contributed by atoms with van der Waals surface area (Å²) in [4.78, 5) is 4.15. The van der Waals surface area contributed by atoms with Crippen LogP contribution in [-0.2, 0) is 0 Å². The minimum Gasteiger partial charge on any atom is -0.491 e. The highest BCUT2D eigenvalue weighted by Crippen LogP contribution is 2.15. The fourth-order valence-electron chi connectivity index (χ4n) is 1.03. The zero-order chi connectivity index (χ0) is 9.68. The van der Waals surface area contributed by atoms with Gasteiger partial charge in [-0.1, -0.05) is 0 Å². The van der Waals surface area contributed by atoms with Crippen molar-refractivity contribution >= 4 is 5.82 Å². The number of ether oxygens (including phenoxy) is 1. The number of hydrogen-bond donors (Lipinski definition) is 1. The number of rotatable bonds is 4. The lowest BCUT2D eigenvalue weighted by molar-refractivity contribution is 0.242. The zero-order valence-corrected chi connectivity index (χ0v) is 8.37. The molecule has 0 amide bonds. The van der Waals surface area contributed by atoms with Crippen LogP contribution in [0, 0.1) is 0 Å². The van der Waals surface area contributed by atoms with Crippen molar-refractivity contribution < 1.29 is 4.74 Å². The molecule has 1 heterocycles. The van der Waals surface area contributed by atoms with E-state index in [9.17, 15) is 0 Å². The van der Waals surface area contributed by atoms with Crippen molar-refractivity contribution in [1.82, 2.24) is 4.98 Å². The van der Waals surface area contributed by atoms with Gasteiger partial charge in [-0.05, 0) is 26.8 Å². The van der Waals surface area contributed by atoms with E-state index in [1.807, 2.05) is 32.9 Å². The summed E-state index contributed by atoms with van der Waals surface area (Å²) in [6.07, 6.45) is 1.95. The van der Waals surface area contributed by atoms with Gasteiger partial charge < -0.3 is 10.1 Å². The Morgan fingerprint density at radius 3 is 2.92 bits per heavy atom. The Morgan fingerprint density at radius 2 is 2.31 bits per heavy atom. The molecule has 0 bridgehead atoms. The first-order valence-electron chi connectivity index (χ1n) is 4.59. The van der Waals surface area contributed by atoms with Crippen LogP contribution >= 0.6 is 0 Å². The second-order valence-corrected chi connectivity index (χ2v) is 3.07. The average Bonchev–Trinajstić information content (AvgIpc) is 2.04. The van der Waals surface area contributed by atoms with Crippen molar-refractivity contribution in [3.8, 4) is 5.75 Å². The topological polar surface area (TPSA) is 34.1 Å². The Balaban J connectivity index is 2.67. The largest absolute Gasteiger partial charge is 0.491 e. The predicted molar refractivity (Wildman–Crippen MR) is 54.2 cm³/mol. The molecule has 0 radical (unpaired) electrons. The fourth-order valence-corrected chi connectivity index (χ4v) is 1.03. The van der Waals surface area contributed by atoms with E-state index in [2.05, 4.69) is 10.3 Å². The number of anilines is 1. The maximum atomic E-state index is 5.52. The minimum atomic E-state index is 0.205. The van der Waals surface area contributed by atoms with Crippen LogP contribution in [0.2, 0.25) is 0 Å². The first-order chi connectivity index (χ1) is 6.22. The number of nitrogens with zero attached hydrogens (tertiary/aromatic N) is 1. The van der Waals surface area contributed by atoms with E-state index >= 15 is 0 Å². The Morgan fingerprint density at radius 1 is 1.54 bits per heavy atom. The molecule has 13 heavy (non-hydrogen) atoms. The lowest BCUT2D eigenvalue weighted by Gasteiger charge is -2.10. The molecule has 72 valence electrons. The van der Waals surface area contributed by atoms with E-state index in [-0.39, 0.29) is 6.10 Å². The van der Waals surface area contributed by atoms with E-state index in [1.165, 1.54) is 0 Å². The average molecular weight is 180 g/mol. The molecule has 0 aliphatic carbocycles. The number of nitrogens with one attached hydrogen (secondary N) is 1. The molecule has 1 aromatic heterocycles. The van der Waals surface area contributed by atoms with Crippen molar-refractivity contribution in [1.29, 1.82) is 0 Å². The van der Waals surface area contributed by atoms with E-state index in [1.54, 1.807) is 6.20 Å². The molecule has 0 unspecified atom stereocenters. The summed E-state index contributed by atoms with van der Waals surface area (Å²) in [5.74, 6) is 1.72. The lowest BCUT2D eigenvalue weighted by atomic mass is 10.4. The van der Waals surface area contributed by atoms with Gasteiger partial charge >= 0.3 is 0 Å². The molecule has 1 N–H and O–H groups in total. The van der Waals surface area contributed by atoms with Gasteiger partial charge in [-0.25, -0.2) is 4.98 Å². The third kappa shape index (κ3) is 3.32. The standard InChI is InChI=1S/C10H16N2O/c1-4-11-10-7-9(5-6-12-10)13-8(2)3/h5-8H,4H2,1-3H3,(H,11,12). The quantitative estimate of drug-likeness (QED) is 0.772. The van der Waals surface area contributed by atoms with Crippen LogP contribution < -0.4 is 10.1 Å². The van der Waals surface area contributed by atoms with Gasteiger partial charge in [-0.15, -0.1) is 0 Å². The second kappa shape index (κ2) is 4.70. The molecular formula is C10H16N2O. The third-order valence-corrected chi connectivity index (χ3v) is 1.46. The molecule has 1 rings (SSSR count). The molecule has 3 heteroatoms. The summed E-state index contributed by atoms with van der Waals surface area (Å²) in [5.41, 5.74) is 0. The highest BCUT2D eigenvalue weighted by atomic mass is 16.5. The molecule has 0 aromatic carbocycles. The Hall–Kier alpha value is -1.25. The molecule has 0 saturated carbocycles. The van der Waals surface area contributed by atoms with Gasteiger partial charge in [-0.2, -0.15) is 0 Å². The van der Waals surface area contributed by atoms with Crippen molar-refractivity contribution in [2.24, 2.45) is 0 Å². The Bertz CT molecular complexity index is 261. The van der Waals surface area contributed by atoms with Crippen LogP contribution in [0.5, 0.6) is 5.75 Å².